The van der Waals surface area contributed by atoms with Gasteiger partial charge in [0.1, 0.15) is 6.29 Å². The molecule has 1 aliphatic carbocycles. The highest BCUT2D eigenvalue weighted by atomic mass is 16.5. The van der Waals surface area contributed by atoms with Gasteiger partial charge < -0.3 is 9.53 Å². The molecule has 0 N–H and O–H groups in total. The Labute approximate surface area is 80.7 Å². The van der Waals surface area contributed by atoms with Gasteiger partial charge >= 0.3 is 0 Å². The molecule has 13 heavy (non-hydrogen) atoms. The molecule has 1 rings (SSSR count). The van der Waals surface area contributed by atoms with Crippen LogP contribution in [0.1, 0.15) is 33.6 Å². The molecule has 76 valence electrons. The van der Waals surface area contributed by atoms with Gasteiger partial charge in [-0.1, -0.05) is 20.8 Å². The SMILES string of the molecule is COC1(C(C)C=O)C(C)CCC1C. The zero-order chi connectivity index (χ0) is 10.1. The van der Waals surface area contributed by atoms with Crippen molar-refractivity contribution in [2.24, 2.45) is 17.8 Å². The Morgan fingerprint density at radius 2 is 1.85 bits per heavy atom. The van der Waals surface area contributed by atoms with E-state index in [1.54, 1.807) is 7.11 Å². The van der Waals surface area contributed by atoms with Crippen LogP contribution in [0.5, 0.6) is 0 Å². The molecule has 0 aromatic rings. The van der Waals surface area contributed by atoms with E-state index in [0.29, 0.717) is 11.8 Å². The van der Waals surface area contributed by atoms with Crippen molar-refractivity contribution >= 4 is 6.29 Å². The molecular formula is C11H20O2. The van der Waals surface area contributed by atoms with E-state index in [2.05, 4.69) is 13.8 Å². The Hall–Kier alpha value is -0.370. The molecule has 3 unspecified atom stereocenters. The van der Waals surface area contributed by atoms with E-state index in [9.17, 15) is 4.79 Å². The van der Waals surface area contributed by atoms with Gasteiger partial charge in [0.25, 0.3) is 0 Å². The zero-order valence-corrected chi connectivity index (χ0v) is 9.04. The highest BCUT2D eigenvalue weighted by molar-refractivity contribution is 5.55. The van der Waals surface area contributed by atoms with Crippen molar-refractivity contribution in [1.29, 1.82) is 0 Å². The van der Waals surface area contributed by atoms with E-state index in [1.807, 2.05) is 6.92 Å². The predicted molar refractivity (Wildman–Crippen MR) is 52.5 cm³/mol. The summed E-state index contributed by atoms with van der Waals surface area (Å²) >= 11 is 0. The maximum Gasteiger partial charge on any atom is 0.125 e. The van der Waals surface area contributed by atoms with Crippen LogP contribution in [-0.4, -0.2) is 19.0 Å². The van der Waals surface area contributed by atoms with Gasteiger partial charge in [-0.2, -0.15) is 0 Å². The molecule has 0 radical (unpaired) electrons. The summed E-state index contributed by atoms with van der Waals surface area (Å²) < 4.78 is 5.64. The number of aldehydes is 1. The van der Waals surface area contributed by atoms with Crippen molar-refractivity contribution in [2.75, 3.05) is 7.11 Å². The minimum absolute atomic E-state index is 0.00463. The Kier molecular flexibility index (Phi) is 3.12. The van der Waals surface area contributed by atoms with Crippen LogP contribution in [-0.2, 0) is 9.53 Å². The van der Waals surface area contributed by atoms with Crippen molar-refractivity contribution < 1.29 is 9.53 Å². The third-order valence-electron chi connectivity index (χ3n) is 3.84. The molecule has 0 amide bonds. The average Bonchev–Trinajstić information content (AvgIpc) is 2.43. The largest absolute Gasteiger partial charge is 0.377 e. The van der Waals surface area contributed by atoms with E-state index < -0.39 is 0 Å². The molecule has 1 fully saturated rings. The summed E-state index contributed by atoms with van der Waals surface area (Å²) in [6.07, 6.45) is 3.38. The number of hydrogen-bond donors (Lipinski definition) is 0. The van der Waals surface area contributed by atoms with Crippen molar-refractivity contribution in [2.45, 2.75) is 39.2 Å². The van der Waals surface area contributed by atoms with Crippen LogP contribution in [0, 0.1) is 17.8 Å². The van der Waals surface area contributed by atoms with E-state index >= 15 is 0 Å². The van der Waals surface area contributed by atoms with Gasteiger partial charge in [0, 0.05) is 13.0 Å². The Bertz CT molecular complexity index is 179. The second-order valence-electron chi connectivity index (χ2n) is 4.36. The van der Waals surface area contributed by atoms with Gasteiger partial charge in [-0.3, -0.25) is 0 Å². The van der Waals surface area contributed by atoms with Crippen LogP contribution in [0.15, 0.2) is 0 Å². The summed E-state index contributed by atoms with van der Waals surface area (Å²) in [5.41, 5.74) is -0.207. The third kappa shape index (κ3) is 1.41. The van der Waals surface area contributed by atoms with Crippen LogP contribution >= 0.6 is 0 Å². The van der Waals surface area contributed by atoms with E-state index in [1.165, 1.54) is 12.8 Å². The summed E-state index contributed by atoms with van der Waals surface area (Å²) in [5, 5.41) is 0. The molecular weight excluding hydrogens is 164 g/mol. The monoisotopic (exact) mass is 184 g/mol. The summed E-state index contributed by atoms with van der Waals surface area (Å²) in [6.45, 7) is 6.34. The fraction of sp³-hybridized carbons (Fsp3) is 0.909. The van der Waals surface area contributed by atoms with E-state index in [-0.39, 0.29) is 11.5 Å². The second kappa shape index (κ2) is 3.79. The van der Waals surface area contributed by atoms with Crippen LogP contribution in [0.3, 0.4) is 0 Å². The maximum atomic E-state index is 10.9. The topological polar surface area (TPSA) is 26.3 Å². The van der Waals surface area contributed by atoms with E-state index in [4.69, 9.17) is 4.74 Å². The molecule has 1 aliphatic rings. The number of methoxy groups -OCH3 is 1. The third-order valence-corrected chi connectivity index (χ3v) is 3.84. The van der Waals surface area contributed by atoms with Gasteiger partial charge in [0.05, 0.1) is 5.60 Å². The maximum absolute atomic E-state index is 10.9. The minimum atomic E-state index is -0.207. The van der Waals surface area contributed by atoms with Crippen LogP contribution in [0.25, 0.3) is 0 Å². The Balaban J connectivity index is 2.94. The molecule has 3 atom stereocenters. The van der Waals surface area contributed by atoms with Crippen molar-refractivity contribution in [3.8, 4) is 0 Å². The normalized spacial score (nSPS) is 41.8. The van der Waals surface area contributed by atoms with Crippen LogP contribution in [0.2, 0.25) is 0 Å². The molecule has 2 heteroatoms. The summed E-state index contributed by atoms with van der Waals surface area (Å²) in [5.74, 6) is 0.991. The zero-order valence-electron chi connectivity index (χ0n) is 9.04. The molecule has 0 heterocycles. The number of carbonyl (C=O) groups is 1. The van der Waals surface area contributed by atoms with E-state index in [0.717, 1.165) is 6.29 Å². The number of ether oxygens (including phenoxy) is 1. The predicted octanol–water partition coefficient (Wildman–Crippen LogP) is 2.27. The lowest BCUT2D eigenvalue weighted by molar-refractivity contribution is -0.134. The number of carbonyl (C=O) groups excluding carboxylic acids is 1. The van der Waals surface area contributed by atoms with Crippen molar-refractivity contribution in [3.63, 3.8) is 0 Å². The lowest BCUT2D eigenvalue weighted by atomic mass is 9.76. The minimum Gasteiger partial charge on any atom is -0.377 e. The van der Waals surface area contributed by atoms with Gasteiger partial charge in [0.15, 0.2) is 0 Å². The fourth-order valence-electron chi connectivity index (χ4n) is 3.03. The lowest BCUT2D eigenvalue weighted by Gasteiger charge is -2.39. The summed E-state index contributed by atoms with van der Waals surface area (Å²) in [7, 11) is 1.73. The molecule has 0 aromatic carbocycles. The molecule has 0 bridgehead atoms. The standard InChI is InChI=1S/C11H20O2/c1-8-5-6-9(2)11(8,13-4)10(3)7-12/h7-10H,5-6H2,1-4H3. The van der Waals surface area contributed by atoms with Crippen LogP contribution in [0.4, 0.5) is 0 Å². The first kappa shape index (κ1) is 10.7. The number of rotatable bonds is 3. The first-order valence-electron chi connectivity index (χ1n) is 5.10. The van der Waals surface area contributed by atoms with Crippen molar-refractivity contribution in [1.82, 2.24) is 0 Å². The smallest absolute Gasteiger partial charge is 0.125 e. The highest BCUT2D eigenvalue weighted by Gasteiger charge is 2.49. The molecule has 0 aliphatic heterocycles. The van der Waals surface area contributed by atoms with Gasteiger partial charge in [0.2, 0.25) is 0 Å². The summed E-state index contributed by atoms with van der Waals surface area (Å²) in [4.78, 5) is 10.9. The highest BCUT2D eigenvalue weighted by Crippen LogP contribution is 2.46. The van der Waals surface area contributed by atoms with Crippen LogP contribution < -0.4 is 0 Å². The lowest BCUT2D eigenvalue weighted by Crippen LogP contribution is -2.46. The first-order chi connectivity index (χ1) is 6.09. The first-order valence-corrected chi connectivity index (χ1v) is 5.10. The molecule has 0 aromatic heterocycles. The molecule has 2 nitrogen and oxygen atoms in total. The van der Waals surface area contributed by atoms with Gasteiger partial charge in [-0.15, -0.1) is 0 Å². The summed E-state index contributed by atoms with van der Waals surface area (Å²) in [6, 6.07) is 0. The fourth-order valence-corrected chi connectivity index (χ4v) is 3.03. The second-order valence-corrected chi connectivity index (χ2v) is 4.36. The molecule has 0 saturated heterocycles. The average molecular weight is 184 g/mol. The van der Waals surface area contributed by atoms with Gasteiger partial charge in [-0.25, -0.2) is 0 Å². The molecule has 1 saturated carbocycles. The molecule has 0 spiro atoms. The quantitative estimate of drug-likeness (QED) is 0.629. The number of hydrogen-bond acceptors (Lipinski definition) is 2. The Morgan fingerprint density at radius 3 is 2.15 bits per heavy atom. The Morgan fingerprint density at radius 1 is 1.38 bits per heavy atom. The van der Waals surface area contributed by atoms with Crippen molar-refractivity contribution in [3.05, 3.63) is 0 Å². The van der Waals surface area contributed by atoms with Gasteiger partial charge in [-0.05, 0) is 24.7 Å².